The van der Waals surface area contributed by atoms with E-state index >= 15 is 0 Å². The molecule has 0 saturated carbocycles. The molecule has 0 heterocycles. The topological polar surface area (TPSA) is 111 Å². The van der Waals surface area contributed by atoms with E-state index in [1.165, 1.54) is 26.4 Å². The predicted octanol–water partition coefficient (Wildman–Crippen LogP) is -0.540. The number of hydrogen-bond acceptors (Lipinski definition) is 6. The van der Waals surface area contributed by atoms with Crippen LogP contribution in [0.4, 0.5) is 5.69 Å². The number of rotatable bonds is 6. The molecule has 1 amide bonds. The van der Waals surface area contributed by atoms with Gasteiger partial charge in [-0.2, -0.15) is 0 Å². The van der Waals surface area contributed by atoms with Gasteiger partial charge in [-0.05, 0) is 12.1 Å². The first-order chi connectivity index (χ1) is 9.33. The van der Waals surface area contributed by atoms with Crippen LogP contribution in [0.5, 0.6) is 11.5 Å². The molecule has 8 nitrogen and oxygen atoms in total. The second kappa shape index (κ2) is 6.44. The number of hydrogen-bond donors (Lipinski definition) is 2. The van der Waals surface area contributed by atoms with Crippen molar-refractivity contribution < 1.29 is 22.7 Å². The molecule has 0 bridgehead atoms. The highest BCUT2D eigenvalue weighted by molar-refractivity contribution is 7.92. The van der Waals surface area contributed by atoms with Crippen molar-refractivity contribution in [1.29, 1.82) is 0 Å². The number of nitrogens with two attached hydrogens (primary N) is 1. The number of ether oxygens (including phenoxy) is 2. The molecular formula is C11H17N3O5S. The normalized spacial score (nSPS) is 10.8. The van der Waals surface area contributed by atoms with Crippen molar-refractivity contribution >= 4 is 21.6 Å². The molecule has 112 valence electrons. The molecule has 0 aliphatic carbocycles. The fraction of sp³-hybridized carbons (Fsp3) is 0.364. The first kappa shape index (κ1) is 16.1. The van der Waals surface area contributed by atoms with E-state index in [2.05, 4.69) is 0 Å². The summed E-state index contributed by atoms with van der Waals surface area (Å²) < 4.78 is 34.6. The van der Waals surface area contributed by atoms with Gasteiger partial charge >= 0.3 is 0 Å². The molecule has 0 unspecified atom stereocenters. The van der Waals surface area contributed by atoms with Gasteiger partial charge in [-0.25, -0.2) is 14.3 Å². The fourth-order valence-electron chi connectivity index (χ4n) is 1.56. The quantitative estimate of drug-likeness (QED) is 0.415. The Balaban J connectivity index is 3.24. The van der Waals surface area contributed by atoms with Crippen molar-refractivity contribution in [2.24, 2.45) is 5.84 Å². The SMILES string of the molecule is COc1ccc(N(CC(=O)NN)S(C)(=O)=O)cc1OC. The van der Waals surface area contributed by atoms with Crippen molar-refractivity contribution in [1.82, 2.24) is 5.43 Å². The van der Waals surface area contributed by atoms with E-state index in [9.17, 15) is 13.2 Å². The molecule has 1 aromatic rings. The van der Waals surface area contributed by atoms with Crippen LogP contribution >= 0.6 is 0 Å². The van der Waals surface area contributed by atoms with Crippen LogP contribution in [0.2, 0.25) is 0 Å². The van der Waals surface area contributed by atoms with Gasteiger partial charge in [-0.3, -0.25) is 14.5 Å². The Hall–Kier alpha value is -2.00. The number of nitrogens with zero attached hydrogens (tertiary/aromatic N) is 1. The maximum absolute atomic E-state index is 11.8. The Labute approximate surface area is 117 Å². The van der Waals surface area contributed by atoms with Gasteiger partial charge in [0.25, 0.3) is 5.91 Å². The van der Waals surface area contributed by atoms with Crippen molar-refractivity contribution in [3.63, 3.8) is 0 Å². The van der Waals surface area contributed by atoms with Gasteiger partial charge in [0.2, 0.25) is 10.0 Å². The smallest absolute Gasteiger partial charge is 0.254 e. The molecule has 0 spiro atoms. The van der Waals surface area contributed by atoms with E-state index in [1.54, 1.807) is 6.07 Å². The number of benzene rings is 1. The van der Waals surface area contributed by atoms with Gasteiger partial charge in [-0.1, -0.05) is 0 Å². The van der Waals surface area contributed by atoms with E-state index in [4.69, 9.17) is 15.3 Å². The molecule has 1 aromatic carbocycles. The van der Waals surface area contributed by atoms with Crippen molar-refractivity contribution in [2.75, 3.05) is 31.3 Å². The first-order valence-electron chi connectivity index (χ1n) is 5.52. The van der Waals surface area contributed by atoms with Gasteiger partial charge in [0, 0.05) is 6.07 Å². The summed E-state index contributed by atoms with van der Waals surface area (Å²) in [6, 6.07) is 4.52. The summed E-state index contributed by atoms with van der Waals surface area (Å²) in [5.74, 6) is 5.15. The lowest BCUT2D eigenvalue weighted by Crippen LogP contribution is -2.42. The molecule has 0 fully saturated rings. The molecule has 3 N–H and O–H groups in total. The minimum absolute atomic E-state index is 0.272. The highest BCUT2D eigenvalue weighted by Gasteiger charge is 2.21. The monoisotopic (exact) mass is 303 g/mol. The summed E-state index contributed by atoms with van der Waals surface area (Å²) in [6.45, 7) is -0.426. The molecule has 1 rings (SSSR count). The number of hydrazine groups is 1. The summed E-state index contributed by atoms with van der Waals surface area (Å²) in [5.41, 5.74) is 2.16. The summed E-state index contributed by atoms with van der Waals surface area (Å²) in [5, 5.41) is 0. The second-order valence-corrected chi connectivity index (χ2v) is 5.78. The van der Waals surface area contributed by atoms with Crippen LogP contribution in [0.25, 0.3) is 0 Å². The molecule has 9 heteroatoms. The standard InChI is InChI=1S/C11H17N3O5S/c1-18-9-5-4-8(6-10(9)19-2)14(20(3,16)17)7-11(15)13-12/h4-6H,7,12H2,1-3H3,(H,13,15). The van der Waals surface area contributed by atoms with E-state index in [-0.39, 0.29) is 5.69 Å². The average Bonchev–Trinajstić information content (AvgIpc) is 2.42. The van der Waals surface area contributed by atoms with Crippen molar-refractivity contribution in [3.8, 4) is 11.5 Å². The number of amides is 1. The van der Waals surface area contributed by atoms with E-state index in [0.29, 0.717) is 11.5 Å². The van der Waals surface area contributed by atoms with Crippen LogP contribution in [0, 0.1) is 0 Å². The number of nitrogens with one attached hydrogen (secondary N) is 1. The first-order valence-corrected chi connectivity index (χ1v) is 7.37. The highest BCUT2D eigenvalue weighted by atomic mass is 32.2. The maximum atomic E-state index is 11.8. The number of methoxy groups -OCH3 is 2. The Kier molecular flexibility index (Phi) is 5.17. The summed E-state index contributed by atoms with van der Waals surface area (Å²) >= 11 is 0. The van der Waals surface area contributed by atoms with E-state index < -0.39 is 22.5 Å². The third-order valence-corrected chi connectivity index (χ3v) is 3.64. The lowest BCUT2D eigenvalue weighted by molar-refractivity contribution is -0.119. The zero-order valence-electron chi connectivity index (χ0n) is 11.4. The molecular weight excluding hydrogens is 286 g/mol. The van der Waals surface area contributed by atoms with E-state index in [1.807, 2.05) is 5.43 Å². The molecule has 20 heavy (non-hydrogen) atoms. The van der Waals surface area contributed by atoms with Crippen LogP contribution < -0.4 is 25.0 Å². The Morgan fingerprint density at radius 3 is 2.35 bits per heavy atom. The number of carbonyl (C=O) groups excluding carboxylic acids is 1. The number of anilines is 1. The molecule has 0 aromatic heterocycles. The van der Waals surface area contributed by atoms with Crippen LogP contribution in [-0.4, -0.2) is 41.3 Å². The van der Waals surface area contributed by atoms with Gasteiger partial charge in [0.05, 0.1) is 26.2 Å². The zero-order valence-corrected chi connectivity index (χ0v) is 12.2. The molecule has 0 radical (unpaired) electrons. The highest BCUT2D eigenvalue weighted by Crippen LogP contribution is 2.32. The fourth-order valence-corrected chi connectivity index (χ4v) is 2.40. The van der Waals surface area contributed by atoms with Gasteiger partial charge in [0.1, 0.15) is 6.54 Å². The number of carbonyl (C=O) groups is 1. The van der Waals surface area contributed by atoms with Gasteiger partial charge in [0.15, 0.2) is 11.5 Å². The van der Waals surface area contributed by atoms with Gasteiger partial charge in [-0.15, -0.1) is 0 Å². The summed E-state index contributed by atoms with van der Waals surface area (Å²) in [7, 11) is -0.752. The van der Waals surface area contributed by atoms with Crippen LogP contribution in [-0.2, 0) is 14.8 Å². The van der Waals surface area contributed by atoms with Crippen LogP contribution in [0.3, 0.4) is 0 Å². The number of sulfonamides is 1. The van der Waals surface area contributed by atoms with E-state index in [0.717, 1.165) is 10.6 Å². The Bertz CT molecular complexity index is 588. The van der Waals surface area contributed by atoms with Crippen LogP contribution in [0.15, 0.2) is 18.2 Å². The summed E-state index contributed by atoms with van der Waals surface area (Å²) in [6.07, 6.45) is 0.994. The van der Waals surface area contributed by atoms with Crippen molar-refractivity contribution in [3.05, 3.63) is 18.2 Å². The molecule has 0 aliphatic heterocycles. The second-order valence-electron chi connectivity index (χ2n) is 3.88. The van der Waals surface area contributed by atoms with Gasteiger partial charge < -0.3 is 9.47 Å². The largest absolute Gasteiger partial charge is 0.493 e. The molecule has 0 aliphatic rings. The summed E-state index contributed by atoms with van der Waals surface area (Å²) in [4.78, 5) is 11.3. The Morgan fingerprint density at radius 2 is 1.90 bits per heavy atom. The Morgan fingerprint density at radius 1 is 1.30 bits per heavy atom. The third-order valence-electron chi connectivity index (χ3n) is 2.50. The third kappa shape index (κ3) is 3.75. The maximum Gasteiger partial charge on any atom is 0.254 e. The van der Waals surface area contributed by atoms with Crippen LogP contribution in [0.1, 0.15) is 0 Å². The lowest BCUT2D eigenvalue weighted by atomic mass is 10.2. The lowest BCUT2D eigenvalue weighted by Gasteiger charge is -2.22. The molecule has 0 atom stereocenters. The van der Waals surface area contributed by atoms with Crippen molar-refractivity contribution in [2.45, 2.75) is 0 Å². The predicted molar refractivity (Wildman–Crippen MR) is 74.1 cm³/mol. The average molecular weight is 303 g/mol. The zero-order chi connectivity index (χ0) is 15.3. The minimum atomic E-state index is -3.65. The minimum Gasteiger partial charge on any atom is -0.493 e. The molecule has 0 saturated heterocycles.